The van der Waals surface area contributed by atoms with Crippen molar-refractivity contribution < 1.29 is 4.79 Å². The van der Waals surface area contributed by atoms with Crippen molar-refractivity contribution in [1.82, 2.24) is 4.98 Å². The van der Waals surface area contributed by atoms with E-state index in [0.29, 0.717) is 37.4 Å². The highest BCUT2D eigenvalue weighted by molar-refractivity contribution is 7.16. The lowest BCUT2D eigenvalue weighted by Crippen LogP contribution is -2.13. The number of nitriles is 1. The SMILES string of the molecule is CCc1c(C)sc(NC(=O)c2cc(-c3ccc(Cl)c(Cl)c3)nc3ccccc23)c1C#N. The molecular formula is C24H17Cl2N3OS. The van der Waals surface area contributed by atoms with Crippen molar-refractivity contribution in [3.8, 4) is 17.3 Å². The first-order valence-electron chi connectivity index (χ1n) is 9.61. The van der Waals surface area contributed by atoms with E-state index >= 15 is 0 Å². The highest BCUT2D eigenvalue weighted by Gasteiger charge is 2.19. The molecule has 0 spiro atoms. The molecule has 7 heteroatoms. The van der Waals surface area contributed by atoms with Gasteiger partial charge in [-0.15, -0.1) is 11.3 Å². The molecule has 0 saturated heterocycles. The average molecular weight is 466 g/mol. The largest absolute Gasteiger partial charge is 0.312 e. The Morgan fingerprint density at radius 2 is 1.94 bits per heavy atom. The third-order valence-electron chi connectivity index (χ3n) is 5.08. The van der Waals surface area contributed by atoms with Crippen LogP contribution in [-0.2, 0) is 6.42 Å². The number of halogens is 2. The lowest BCUT2D eigenvalue weighted by molar-refractivity contribution is 0.102. The number of carbonyl (C=O) groups excluding carboxylic acids is 1. The summed E-state index contributed by atoms with van der Waals surface area (Å²) in [5, 5.41) is 14.7. The zero-order chi connectivity index (χ0) is 22.1. The standard InChI is InChI=1S/C24H17Cl2N3OS/c1-3-15-13(2)31-24(18(15)12-27)29-23(30)17-11-22(14-8-9-19(25)20(26)10-14)28-21-7-5-4-6-16(17)21/h4-11H,3H2,1-2H3,(H,29,30). The Balaban J connectivity index is 1.82. The summed E-state index contributed by atoms with van der Waals surface area (Å²) in [4.78, 5) is 19.1. The minimum absolute atomic E-state index is 0.291. The first-order chi connectivity index (χ1) is 14.9. The number of aromatic nitrogens is 1. The topological polar surface area (TPSA) is 65.8 Å². The van der Waals surface area contributed by atoms with E-state index in [4.69, 9.17) is 28.2 Å². The summed E-state index contributed by atoms with van der Waals surface area (Å²) in [6.45, 7) is 3.96. The Morgan fingerprint density at radius 1 is 1.16 bits per heavy atom. The van der Waals surface area contributed by atoms with E-state index in [1.165, 1.54) is 11.3 Å². The van der Waals surface area contributed by atoms with Gasteiger partial charge in [-0.2, -0.15) is 5.26 Å². The van der Waals surface area contributed by atoms with Crippen LogP contribution in [0.5, 0.6) is 0 Å². The number of anilines is 1. The maximum atomic E-state index is 13.3. The molecule has 1 N–H and O–H groups in total. The fourth-order valence-electron chi connectivity index (χ4n) is 3.55. The molecule has 0 aliphatic carbocycles. The van der Waals surface area contributed by atoms with Crippen LogP contribution in [0.25, 0.3) is 22.2 Å². The molecule has 0 unspecified atom stereocenters. The summed E-state index contributed by atoms with van der Waals surface area (Å²) in [7, 11) is 0. The predicted octanol–water partition coefficient (Wildman–Crippen LogP) is 7.26. The van der Waals surface area contributed by atoms with Crippen LogP contribution in [0.4, 0.5) is 5.00 Å². The van der Waals surface area contributed by atoms with Crippen LogP contribution in [0.2, 0.25) is 10.0 Å². The highest BCUT2D eigenvalue weighted by Crippen LogP contribution is 2.34. The monoisotopic (exact) mass is 465 g/mol. The molecule has 0 aliphatic rings. The molecule has 2 heterocycles. The van der Waals surface area contributed by atoms with E-state index in [9.17, 15) is 10.1 Å². The van der Waals surface area contributed by atoms with Gasteiger partial charge in [-0.05, 0) is 43.2 Å². The first-order valence-corrected chi connectivity index (χ1v) is 11.2. The van der Waals surface area contributed by atoms with Gasteiger partial charge in [-0.3, -0.25) is 4.79 Å². The van der Waals surface area contributed by atoms with E-state index in [1.54, 1.807) is 18.2 Å². The lowest BCUT2D eigenvalue weighted by Gasteiger charge is -2.11. The Bertz CT molecular complexity index is 1370. The molecule has 4 aromatic rings. The minimum Gasteiger partial charge on any atom is -0.312 e. The number of carbonyl (C=O) groups is 1. The molecule has 0 saturated carbocycles. The van der Waals surface area contributed by atoms with Crippen LogP contribution in [0.1, 0.15) is 33.3 Å². The smallest absolute Gasteiger partial charge is 0.257 e. The average Bonchev–Trinajstić information content (AvgIpc) is 3.08. The van der Waals surface area contributed by atoms with Crippen molar-refractivity contribution in [3.05, 3.63) is 80.1 Å². The highest BCUT2D eigenvalue weighted by atomic mass is 35.5. The number of aryl methyl sites for hydroxylation is 1. The first kappa shape index (κ1) is 21.3. The number of nitrogens with one attached hydrogen (secondary N) is 1. The van der Waals surface area contributed by atoms with Crippen LogP contribution in [-0.4, -0.2) is 10.9 Å². The van der Waals surface area contributed by atoms with Gasteiger partial charge in [-0.25, -0.2) is 4.98 Å². The second kappa shape index (κ2) is 8.68. The van der Waals surface area contributed by atoms with E-state index in [2.05, 4.69) is 11.4 Å². The molecule has 1 amide bonds. The molecule has 0 radical (unpaired) electrons. The maximum absolute atomic E-state index is 13.3. The van der Waals surface area contributed by atoms with Crippen LogP contribution in [0.15, 0.2) is 48.5 Å². The van der Waals surface area contributed by atoms with Crippen LogP contribution in [0, 0.1) is 18.3 Å². The van der Waals surface area contributed by atoms with Crippen molar-refractivity contribution in [2.45, 2.75) is 20.3 Å². The van der Waals surface area contributed by atoms with Gasteiger partial charge in [-0.1, -0.05) is 54.4 Å². The van der Waals surface area contributed by atoms with Gasteiger partial charge in [0.15, 0.2) is 0 Å². The molecular weight excluding hydrogens is 449 g/mol. The van der Waals surface area contributed by atoms with Gasteiger partial charge in [0.1, 0.15) is 11.1 Å². The number of rotatable bonds is 4. The van der Waals surface area contributed by atoms with Gasteiger partial charge < -0.3 is 5.32 Å². The normalized spacial score (nSPS) is 10.8. The van der Waals surface area contributed by atoms with Crippen molar-refractivity contribution >= 4 is 56.3 Å². The summed E-state index contributed by atoms with van der Waals surface area (Å²) in [5.41, 5.74) is 4.03. The molecule has 0 aliphatic heterocycles. The molecule has 0 fully saturated rings. The van der Waals surface area contributed by atoms with Crippen LogP contribution in [0.3, 0.4) is 0 Å². The Hall–Kier alpha value is -2.91. The number of nitrogens with zero attached hydrogens (tertiary/aromatic N) is 2. The molecule has 2 aromatic carbocycles. The van der Waals surface area contributed by atoms with Gasteiger partial charge >= 0.3 is 0 Å². The molecule has 31 heavy (non-hydrogen) atoms. The quantitative estimate of drug-likeness (QED) is 0.344. The minimum atomic E-state index is -0.291. The second-order valence-electron chi connectivity index (χ2n) is 6.96. The summed E-state index contributed by atoms with van der Waals surface area (Å²) < 4.78 is 0. The number of pyridine rings is 1. The number of thiophene rings is 1. The zero-order valence-corrected chi connectivity index (χ0v) is 19.1. The van der Waals surface area contributed by atoms with Gasteiger partial charge in [0.2, 0.25) is 0 Å². The third kappa shape index (κ3) is 4.03. The summed E-state index contributed by atoms with van der Waals surface area (Å²) in [5.74, 6) is -0.291. The van der Waals surface area contributed by atoms with Crippen molar-refractivity contribution in [2.75, 3.05) is 5.32 Å². The number of hydrogen-bond donors (Lipinski definition) is 1. The summed E-state index contributed by atoms with van der Waals surface area (Å²) in [6.07, 6.45) is 0.737. The van der Waals surface area contributed by atoms with E-state index in [-0.39, 0.29) is 5.91 Å². The Kier molecular flexibility index (Phi) is 5.97. The van der Waals surface area contributed by atoms with Gasteiger partial charge in [0, 0.05) is 15.8 Å². The molecule has 0 atom stereocenters. The van der Waals surface area contributed by atoms with E-state index in [1.807, 2.05) is 44.2 Å². The van der Waals surface area contributed by atoms with Crippen molar-refractivity contribution in [2.24, 2.45) is 0 Å². The number of amides is 1. The molecule has 0 bridgehead atoms. The van der Waals surface area contributed by atoms with E-state index < -0.39 is 0 Å². The lowest BCUT2D eigenvalue weighted by atomic mass is 10.0. The van der Waals surface area contributed by atoms with Crippen LogP contribution >= 0.6 is 34.5 Å². The number of hydrogen-bond acceptors (Lipinski definition) is 4. The second-order valence-corrected chi connectivity index (χ2v) is 9.00. The number of para-hydroxylation sites is 1. The van der Waals surface area contributed by atoms with Gasteiger partial charge in [0.05, 0.1) is 32.4 Å². The Labute approximate surface area is 194 Å². The molecule has 4 nitrogen and oxygen atoms in total. The fourth-order valence-corrected chi connectivity index (χ4v) is 4.94. The molecule has 154 valence electrons. The fraction of sp³-hybridized carbons (Fsp3) is 0.125. The number of fused-ring (bicyclic) bond motifs is 1. The summed E-state index contributed by atoms with van der Waals surface area (Å²) >= 11 is 13.7. The van der Waals surface area contributed by atoms with Gasteiger partial charge in [0.25, 0.3) is 5.91 Å². The maximum Gasteiger partial charge on any atom is 0.257 e. The number of benzene rings is 2. The third-order valence-corrected chi connectivity index (χ3v) is 6.88. The molecule has 2 aromatic heterocycles. The van der Waals surface area contributed by atoms with E-state index in [0.717, 1.165) is 27.8 Å². The Morgan fingerprint density at radius 3 is 2.65 bits per heavy atom. The van der Waals surface area contributed by atoms with Crippen molar-refractivity contribution in [3.63, 3.8) is 0 Å². The van der Waals surface area contributed by atoms with Crippen LogP contribution < -0.4 is 5.32 Å². The predicted molar refractivity (Wildman–Crippen MR) is 128 cm³/mol. The zero-order valence-electron chi connectivity index (χ0n) is 16.8. The van der Waals surface area contributed by atoms with Crippen molar-refractivity contribution in [1.29, 1.82) is 5.26 Å². The summed E-state index contributed by atoms with van der Waals surface area (Å²) in [6, 6.07) is 16.7. The molecule has 4 rings (SSSR count).